The molecule has 3 rings (SSSR count). The summed E-state index contributed by atoms with van der Waals surface area (Å²) in [5.74, 6) is 0.0475. The maximum absolute atomic E-state index is 12.2. The van der Waals surface area contributed by atoms with Crippen molar-refractivity contribution in [2.75, 3.05) is 0 Å². The van der Waals surface area contributed by atoms with Gasteiger partial charge in [0.15, 0.2) is 6.29 Å². The Kier molecular flexibility index (Phi) is 4.33. The predicted molar refractivity (Wildman–Crippen MR) is 91.3 cm³/mol. The van der Waals surface area contributed by atoms with E-state index in [1.165, 1.54) is 0 Å². The Bertz CT molecular complexity index is 773. The van der Waals surface area contributed by atoms with Crippen molar-refractivity contribution in [2.45, 2.75) is 38.8 Å². The van der Waals surface area contributed by atoms with E-state index in [1.807, 2.05) is 40.8 Å². The molecule has 2 aromatic rings. The highest BCUT2D eigenvalue weighted by Crippen LogP contribution is 2.27. The van der Waals surface area contributed by atoms with E-state index in [-0.39, 0.29) is 11.9 Å². The molecule has 1 atom stereocenters. The van der Waals surface area contributed by atoms with Gasteiger partial charge in [0.05, 0.1) is 11.7 Å². The lowest BCUT2D eigenvalue weighted by Gasteiger charge is -2.30. The van der Waals surface area contributed by atoms with Crippen LogP contribution in [0.25, 0.3) is 10.9 Å². The van der Waals surface area contributed by atoms with Crippen molar-refractivity contribution in [3.8, 4) is 0 Å². The smallest absolute Gasteiger partial charge is 0.220 e. The zero-order valence-electron chi connectivity index (χ0n) is 13.7. The van der Waals surface area contributed by atoms with Gasteiger partial charge in [-0.3, -0.25) is 9.59 Å². The van der Waals surface area contributed by atoms with E-state index in [1.54, 1.807) is 6.92 Å². The lowest BCUT2D eigenvalue weighted by Crippen LogP contribution is -2.38. The van der Waals surface area contributed by atoms with Gasteiger partial charge in [-0.2, -0.15) is 0 Å². The first-order valence-corrected chi connectivity index (χ1v) is 8.09. The standard InChI is InChI=1S/C19H22N2O2/c1-14(23)21(15-8-4-3-5-9-15)12-17-16-10-6-7-11-18(16)20(2)19(17)13-22/h4,6-8,10-11,13,15H,3,5,9,12H2,1-2H3. The number of aromatic nitrogens is 1. The Labute approximate surface area is 136 Å². The van der Waals surface area contributed by atoms with E-state index >= 15 is 0 Å². The normalized spacial score (nSPS) is 17.4. The first kappa shape index (κ1) is 15.5. The largest absolute Gasteiger partial charge is 0.341 e. The third-order valence-electron chi connectivity index (χ3n) is 4.73. The van der Waals surface area contributed by atoms with Crippen LogP contribution < -0.4 is 0 Å². The molecule has 120 valence electrons. The van der Waals surface area contributed by atoms with E-state index in [0.29, 0.717) is 12.2 Å². The minimum absolute atomic E-state index is 0.0475. The van der Waals surface area contributed by atoms with Crippen LogP contribution in [0.1, 0.15) is 42.2 Å². The molecule has 0 saturated heterocycles. The summed E-state index contributed by atoms with van der Waals surface area (Å²) in [6, 6.07) is 8.09. The highest BCUT2D eigenvalue weighted by atomic mass is 16.2. The summed E-state index contributed by atoms with van der Waals surface area (Å²) in [5, 5.41) is 1.04. The summed E-state index contributed by atoms with van der Waals surface area (Å²) in [6.45, 7) is 2.08. The molecule has 0 fully saturated rings. The van der Waals surface area contributed by atoms with Gasteiger partial charge in [0, 0.05) is 37.0 Å². The fourth-order valence-corrected chi connectivity index (χ4v) is 3.49. The van der Waals surface area contributed by atoms with Crippen molar-refractivity contribution in [2.24, 2.45) is 7.05 Å². The Morgan fingerprint density at radius 3 is 2.83 bits per heavy atom. The van der Waals surface area contributed by atoms with Crippen LogP contribution in [0.5, 0.6) is 0 Å². The molecule has 1 unspecified atom stereocenters. The molecule has 1 amide bonds. The number of carbonyl (C=O) groups excluding carboxylic acids is 2. The summed E-state index contributed by atoms with van der Waals surface area (Å²) in [7, 11) is 1.90. The molecule has 0 spiro atoms. The average Bonchev–Trinajstić information content (AvgIpc) is 2.85. The molecule has 4 nitrogen and oxygen atoms in total. The van der Waals surface area contributed by atoms with Gasteiger partial charge >= 0.3 is 0 Å². The van der Waals surface area contributed by atoms with Crippen LogP contribution in [-0.2, 0) is 18.4 Å². The number of allylic oxidation sites excluding steroid dienone is 1. The molecular formula is C19H22N2O2. The Morgan fingerprint density at radius 1 is 1.39 bits per heavy atom. The second-order valence-corrected chi connectivity index (χ2v) is 6.13. The third-order valence-corrected chi connectivity index (χ3v) is 4.73. The van der Waals surface area contributed by atoms with Crippen LogP contribution in [0.15, 0.2) is 36.4 Å². The van der Waals surface area contributed by atoms with Gasteiger partial charge < -0.3 is 9.47 Å². The monoisotopic (exact) mass is 310 g/mol. The number of hydrogen-bond donors (Lipinski definition) is 0. The third kappa shape index (κ3) is 2.81. The number of nitrogens with zero attached hydrogens (tertiary/aromatic N) is 2. The number of fused-ring (bicyclic) bond motifs is 1. The van der Waals surface area contributed by atoms with Crippen molar-refractivity contribution in [3.63, 3.8) is 0 Å². The van der Waals surface area contributed by atoms with E-state index in [2.05, 4.69) is 12.2 Å². The Morgan fingerprint density at radius 2 is 2.17 bits per heavy atom. The van der Waals surface area contributed by atoms with Crippen LogP contribution in [-0.4, -0.2) is 27.7 Å². The zero-order chi connectivity index (χ0) is 16.4. The van der Waals surface area contributed by atoms with E-state index in [0.717, 1.165) is 42.0 Å². The first-order valence-electron chi connectivity index (χ1n) is 8.09. The molecular weight excluding hydrogens is 288 g/mol. The van der Waals surface area contributed by atoms with Gasteiger partial charge in [0.25, 0.3) is 0 Å². The second kappa shape index (κ2) is 6.41. The molecule has 1 aromatic heterocycles. The van der Waals surface area contributed by atoms with Gasteiger partial charge in [0.2, 0.25) is 5.91 Å². The summed E-state index contributed by atoms with van der Waals surface area (Å²) in [5.41, 5.74) is 2.61. The minimum atomic E-state index is 0.0475. The van der Waals surface area contributed by atoms with Crippen LogP contribution in [0.4, 0.5) is 0 Å². The molecule has 0 saturated carbocycles. The topological polar surface area (TPSA) is 42.3 Å². The fraction of sp³-hybridized carbons (Fsp3) is 0.368. The van der Waals surface area contributed by atoms with Gasteiger partial charge in [0.1, 0.15) is 0 Å². The quantitative estimate of drug-likeness (QED) is 0.641. The van der Waals surface area contributed by atoms with Gasteiger partial charge in [-0.25, -0.2) is 0 Å². The molecule has 0 radical (unpaired) electrons. The summed E-state index contributed by atoms with van der Waals surface area (Å²) >= 11 is 0. The number of aryl methyl sites for hydroxylation is 1. The van der Waals surface area contributed by atoms with Gasteiger partial charge in [-0.05, 0) is 25.3 Å². The fourth-order valence-electron chi connectivity index (χ4n) is 3.49. The summed E-state index contributed by atoms with van der Waals surface area (Å²) in [4.78, 5) is 25.7. The minimum Gasteiger partial charge on any atom is -0.341 e. The highest BCUT2D eigenvalue weighted by molar-refractivity contribution is 5.93. The van der Waals surface area contributed by atoms with Crippen molar-refractivity contribution in [1.29, 1.82) is 0 Å². The van der Waals surface area contributed by atoms with Crippen LogP contribution in [0.2, 0.25) is 0 Å². The SMILES string of the molecule is CC(=O)N(Cc1c(C=O)n(C)c2ccccc12)C1C=CCCC1. The van der Waals surface area contributed by atoms with Crippen molar-refractivity contribution >= 4 is 23.1 Å². The van der Waals surface area contributed by atoms with Crippen molar-refractivity contribution in [3.05, 3.63) is 47.7 Å². The maximum Gasteiger partial charge on any atom is 0.220 e. The number of amides is 1. The van der Waals surface area contributed by atoms with Gasteiger partial charge in [-0.15, -0.1) is 0 Å². The molecule has 4 heteroatoms. The molecule has 0 aliphatic heterocycles. The Hall–Kier alpha value is -2.36. The number of para-hydroxylation sites is 1. The van der Waals surface area contributed by atoms with Crippen LogP contribution in [0, 0.1) is 0 Å². The summed E-state index contributed by atoms with van der Waals surface area (Å²) in [6.07, 6.45) is 8.32. The number of rotatable bonds is 4. The second-order valence-electron chi connectivity index (χ2n) is 6.13. The van der Waals surface area contributed by atoms with Crippen LogP contribution >= 0.6 is 0 Å². The molecule has 0 bridgehead atoms. The van der Waals surface area contributed by atoms with E-state index in [4.69, 9.17) is 0 Å². The Balaban J connectivity index is 2.05. The van der Waals surface area contributed by atoms with Gasteiger partial charge in [-0.1, -0.05) is 30.4 Å². The first-order chi connectivity index (χ1) is 11.1. The maximum atomic E-state index is 12.2. The molecule has 23 heavy (non-hydrogen) atoms. The highest BCUT2D eigenvalue weighted by Gasteiger charge is 2.24. The molecule has 1 heterocycles. The number of benzene rings is 1. The van der Waals surface area contributed by atoms with E-state index in [9.17, 15) is 9.59 Å². The molecule has 1 aliphatic rings. The van der Waals surface area contributed by atoms with Crippen LogP contribution in [0.3, 0.4) is 0 Å². The lowest BCUT2D eigenvalue weighted by molar-refractivity contribution is -0.131. The molecule has 0 N–H and O–H groups in total. The molecule has 1 aliphatic carbocycles. The van der Waals surface area contributed by atoms with E-state index < -0.39 is 0 Å². The summed E-state index contributed by atoms with van der Waals surface area (Å²) < 4.78 is 1.91. The lowest BCUT2D eigenvalue weighted by atomic mass is 10.00. The average molecular weight is 310 g/mol. The van der Waals surface area contributed by atoms with Crippen molar-refractivity contribution in [1.82, 2.24) is 9.47 Å². The number of hydrogen-bond acceptors (Lipinski definition) is 2. The number of aldehydes is 1. The molecule has 1 aromatic carbocycles. The number of carbonyl (C=O) groups is 2. The predicted octanol–water partition coefficient (Wildman–Crippen LogP) is 3.45. The zero-order valence-corrected chi connectivity index (χ0v) is 13.7. The van der Waals surface area contributed by atoms with Crippen molar-refractivity contribution < 1.29 is 9.59 Å².